The fraction of sp³-hybridized carbons (Fsp3) is 0.100. The van der Waals surface area contributed by atoms with Crippen LogP contribution < -0.4 is 4.90 Å². The van der Waals surface area contributed by atoms with E-state index in [1.165, 1.54) is 11.1 Å². The van der Waals surface area contributed by atoms with Gasteiger partial charge < -0.3 is 4.90 Å². The van der Waals surface area contributed by atoms with Gasteiger partial charge in [0, 0.05) is 18.8 Å². The summed E-state index contributed by atoms with van der Waals surface area (Å²) in [4.78, 5) is 2.34. The number of hydrogen-bond acceptors (Lipinski definition) is 1. The molecule has 104 valence electrons. The van der Waals surface area contributed by atoms with Gasteiger partial charge in [0.1, 0.15) is 0 Å². The van der Waals surface area contributed by atoms with Gasteiger partial charge in [-0.15, -0.1) is 0 Å². The predicted octanol–water partition coefficient (Wildman–Crippen LogP) is 4.89. The van der Waals surface area contributed by atoms with E-state index in [1.807, 2.05) is 36.4 Å². The quantitative estimate of drug-likeness (QED) is 0.640. The van der Waals surface area contributed by atoms with Gasteiger partial charge in [0.05, 0.1) is 1.37 Å². The maximum atomic E-state index is 7.66. The second-order valence-electron chi connectivity index (χ2n) is 5.09. The zero-order valence-corrected chi connectivity index (χ0v) is 11.9. The summed E-state index contributed by atoms with van der Waals surface area (Å²) in [6, 6.07) is 29.3. The Morgan fingerprint density at radius 3 is 1.57 bits per heavy atom. The summed E-state index contributed by atoms with van der Waals surface area (Å²) in [6.45, 7) is 1.71. The molecule has 0 N–H and O–H groups in total. The van der Waals surface area contributed by atoms with Gasteiger partial charge in [-0.25, -0.2) is 0 Å². The molecule has 0 aliphatic carbocycles. The molecule has 0 bridgehead atoms. The SMILES string of the molecule is [2H]c1ccc(N(Cc2ccccc2)Cc2ccccc2)cc1. The molecule has 0 saturated carbocycles. The molecule has 0 unspecified atom stereocenters. The van der Waals surface area contributed by atoms with E-state index in [9.17, 15) is 0 Å². The van der Waals surface area contributed by atoms with Crippen LogP contribution in [0.4, 0.5) is 5.69 Å². The molecule has 0 heterocycles. The molecule has 21 heavy (non-hydrogen) atoms. The third-order valence-corrected chi connectivity index (χ3v) is 3.50. The van der Waals surface area contributed by atoms with Gasteiger partial charge in [-0.2, -0.15) is 0 Å². The highest BCUT2D eigenvalue weighted by Gasteiger charge is 2.07. The van der Waals surface area contributed by atoms with Gasteiger partial charge in [-0.1, -0.05) is 78.8 Å². The summed E-state index contributed by atoms with van der Waals surface area (Å²) >= 11 is 0. The van der Waals surface area contributed by atoms with Gasteiger partial charge >= 0.3 is 0 Å². The van der Waals surface area contributed by atoms with E-state index in [0.29, 0.717) is 6.04 Å². The largest absolute Gasteiger partial charge is 0.363 e. The summed E-state index contributed by atoms with van der Waals surface area (Å²) in [5, 5.41) is 0. The van der Waals surface area contributed by atoms with Crippen molar-refractivity contribution in [3.63, 3.8) is 0 Å². The van der Waals surface area contributed by atoms with Gasteiger partial charge in [0.15, 0.2) is 0 Å². The summed E-state index contributed by atoms with van der Waals surface area (Å²) in [5.74, 6) is 0. The fourth-order valence-electron chi connectivity index (χ4n) is 2.44. The lowest BCUT2D eigenvalue weighted by atomic mass is 10.1. The number of hydrogen-bond donors (Lipinski definition) is 0. The number of anilines is 1. The Kier molecular flexibility index (Phi) is 3.93. The van der Waals surface area contributed by atoms with Crippen molar-refractivity contribution in [2.24, 2.45) is 0 Å². The first-order valence-electron chi connectivity index (χ1n) is 7.71. The average Bonchev–Trinajstić information content (AvgIpc) is 2.57. The van der Waals surface area contributed by atoms with Crippen molar-refractivity contribution < 1.29 is 1.37 Å². The number of para-hydroxylation sites is 1. The predicted molar refractivity (Wildman–Crippen MR) is 89.2 cm³/mol. The van der Waals surface area contributed by atoms with Crippen LogP contribution in [-0.2, 0) is 13.1 Å². The van der Waals surface area contributed by atoms with Gasteiger partial charge in [-0.3, -0.25) is 0 Å². The van der Waals surface area contributed by atoms with Crippen LogP contribution in [0, 0.1) is 0 Å². The van der Waals surface area contributed by atoms with Gasteiger partial charge in [-0.05, 0) is 23.3 Å². The Labute approximate surface area is 127 Å². The minimum atomic E-state index is 0.545. The van der Waals surface area contributed by atoms with Crippen molar-refractivity contribution in [3.8, 4) is 0 Å². The maximum Gasteiger partial charge on any atom is 0.0623 e. The van der Waals surface area contributed by atoms with Crippen molar-refractivity contribution in [3.05, 3.63) is 102 Å². The third-order valence-electron chi connectivity index (χ3n) is 3.50. The molecule has 0 saturated heterocycles. The topological polar surface area (TPSA) is 3.24 Å². The molecule has 0 radical (unpaired) electrons. The van der Waals surface area contributed by atoms with E-state index in [-0.39, 0.29) is 0 Å². The highest BCUT2D eigenvalue weighted by Crippen LogP contribution is 2.19. The highest BCUT2D eigenvalue weighted by atomic mass is 15.1. The second kappa shape index (κ2) is 6.76. The van der Waals surface area contributed by atoms with Crippen LogP contribution in [0.3, 0.4) is 0 Å². The van der Waals surface area contributed by atoms with Crippen LogP contribution in [0.25, 0.3) is 0 Å². The van der Waals surface area contributed by atoms with E-state index < -0.39 is 0 Å². The van der Waals surface area contributed by atoms with E-state index in [2.05, 4.69) is 53.4 Å². The Hall–Kier alpha value is -2.54. The van der Waals surface area contributed by atoms with Crippen LogP contribution in [0.15, 0.2) is 91.0 Å². The normalized spacial score (nSPS) is 11.0. The molecular formula is C20H19N. The molecule has 0 fully saturated rings. The molecule has 3 rings (SSSR count). The van der Waals surface area contributed by atoms with E-state index >= 15 is 0 Å². The smallest absolute Gasteiger partial charge is 0.0623 e. The number of rotatable bonds is 5. The van der Waals surface area contributed by atoms with Crippen LogP contribution >= 0.6 is 0 Å². The fourth-order valence-corrected chi connectivity index (χ4v) is 2.44. The molecule has 0 spiro atoms. The van der Waals surface area contributed by atoms with E-state index in [1.54, 1.807) is 0 Å². The number of benzene rings is 3. The summed E-state index contributed by atoms with van der Waals surface area (Å²) in [5.41, 5.74) is 3.71. The molecule has 0 atom stereocenters. The molecular weight excluding hydrogens is 254 g/mol. The first kappa shape index (κ1) is 12.2. The lowest BCUT2D eigenvalue weighted by molar-refractivity contribution is 0.800. The summed E-state index contributed by atoms with van der Waals surface area (Å²) < 4.78 is 7.66. The summed E-state index contributed by atoms with van der Waals surface area (Å²) in [7, 11) is 0. The highest BCUT2D eigenvalue weighted by molar-refractivity contribution is 5.47. The Bertz CT molecular complexity index is 651. The van der Waals surface area contributed by atoms with Crippen LogP contribution in [0.2, 0.25) is 0 Å². The average molecular weight is 274 g/mol. The Balaban J connectivity index is 1.86. The minimum absolute atomic E-state index is 0.545. The molecule has 0 aliphatic heterocycles. The molecule has 3 aromatic rings. The maximum absolute atomic E-state index is 7.66. The lowest BCUT2D eigenvalue weighted by Crippen LogP contribution is -2.21. The van der Waals surface area contributed by atoms with Crippen molar-refractivity contribution in [2.75, 3.05) is 4.90 Å². The zero-order valence-electron chi connectivity index (χ0n) is 12.9. The molecule has 3 aromatic carbocycles. The summed E-state index contributed by atoms with van der Waals surface area (Å²) in [6.07, 6.45) is 0. The second-order valence-corrected chi connectivity index (χ2v) is 5.09. The molecule has 0 aliphatic rings. The van der Waals surface area contributed by atoms with Crippen molar-refractivity contribution in [1.82, 2.24) is 0 Å². The molecule has 0 aromatic heterocycles. The third kappa shape index (κ3) is 3.73. The molecule has 1 heteroatoms. The van der Waals surface area contributed by atoms with Gasteiger partial charge in [0.2, 0.25) is 0 Å². The first-order valence-corrected chi connectivity index (χ1v) is 7.21. The van der Waals surface area contributed by atoms with E-state index in [0.717, 1.165) is 18.8 Å². The van der Waals surface area contributed by atoms with Crippen molar-refractivity contribution in [2.45, 2.75) is 13.1 Å². The van der Waals surface area contributed by atoms with Crippen LogP contribution in [0.1, 0.15) is 12.5 Å². The minimum Gasteiger partial charge on any atom is -0.363 e. The molecule has 0 amide bonds. The Morgan fingerprint density at radius 2 is 1.10 bits per heavy atom. The zero-order chi connectivity index (χ0) is 15.2. The number of nitrogens with zero attached hydrogens (tertiary/aromatic N) is 1. The first-order chi connectivity index (χ1) is 10.8. The van der Waals surface area contributed by atoms with Crippen molar-refractivity contribution >= 4 is 5.69 Å². The standard InChI is InChI=1S/C20H19N/c1-4-10-18(11-5-1)16-21(20-14-8-3-9-15-20)17-19-12-6-2-7-13-19/h1-15H,16-17H2/i3D. The molecule has 1 nitrogen and oxygen atoms in total. The van der Waals surface area contributed by atoms with Gasteiger partial charge in [0.25, 0.3) is 0 Å². The van der Waals surface area contributed by atoms with E-state index in [4.69, 9.17) is 1.37 Å². The lowest BCUT2D eigenvalue weighted by Gasteiger charge is -2.25. The van der Waals surface area contributed by atoms with Crippen molar-refractivity contribution in [1.29, 1.82) is 0 Å². The monoisotopic (exact) mass is 274 g/mol. The van der Waals surface area contributed by atoms with Crippen LogP contribution in [0.5, 0.6) is 0 Å². The Morgan fingerprint density at radius 1 is 0.619 bits per heavy atom. The van der Waals surface area contributed by atoms with Crippen LogP contribution in [-0.4, -0.2) is 0 Å².